The molecule has 0 bridgehead atoms. The summed E-state index contributed by atoms with van der Waals surface area (Å²) in [6.07, 6.45) is 6.69. The summed E-state index contributed by atoms with van der Waals surface area (Å²) in [6.45, 7) is 9.83. The maximum atomic E-state index is 8.96. The molecule has 1 unspecified atom stereocenters. The van der Waals surface area contributed by atoms with Crippen molar-refractivity contribution in [3.8, 4) is 6.07 Å². The zero-order valence-corrected chi connectivity index (χ0v) is 8.93. The SMILES string of the molecule is C=CCC(C)(C#N)CCC=C(C)C. The van der Waals surface area contributed by atoms with Crippen LogP contribution in [0.15, 0.2) is 24.3 Å². The molecule has 1 atom stereocenters. The molecule has 0 heterocycles. The van der Waals surface area contributed by atoms with E-state index >= 15 is 0 Å². The van der Waals surface area contributed by atoms with Gasteiger partial charge in [0.1, 0.15) is 0 Å². The van der Waals surface area contributed by atoms with Gasteiger partial charge in [0.15, 0.2) is 0 Å². The highest BCUT2D eigenvalue weighted by molar-refractivity contribution is 5.02. The van der Waals surface area contributed by atoms with Crippen molar-refractivity contribution in [2.75, 3.05) is 0 Å². The predicted molar refractivity (Wildman–Crippen MR) is 57.2 cm³/mol. The zero-order chi connectivity index (χ0) is 10.3. The van der Waals surface area contributed by atoms with Crippen LogP contribution >= 0.6 is 0 Å². The molecule has 1 nitrogen and oxygen atoms in total. The molecule has 0 aliphatic heterocycles. The van der Waals surface area contributed by atoms with Gasteiger partial charge in [-0.15, -0.1) is 6.58 Å². The van der Waals surface area contributed by atoms with Crippen molar-refractivity contribution in [1.82, 2.24) is 0 Å². The van der Waals surface area contributed by atoms with E-state index in [1.54, 1.807) is 0 Å². The van der Waals surface area contributed by atoms with Crippen LogP contribution in [-0.4, -0.2) is 0 Å². The molecule has 0 aromatic carbocycles. The predicted octanol–water partition coefficient (Wildman–Crippen LogP) is 3.84. The molecular weight excluding hydrogens is 158 g/mol. The Labute approximate surface area is 81.8 Å². The minimum atomic E-state index is -0.228. The maximum absolute atomic E-state index is 8.96. The molecule has 0 spiro atoms. The second-order valence-corrected chi connectivity index (χ2v) is 3.99. The molecule has 0 fully saturated rings. The molecule has 0 saturated carbocycles. The van der Waals surface area contributed by atoms with Crippen molar-refractivity contribution in [2.45, 2.75) is 40.0 Å². The van der Waals surface area contributed by atoms with E-state index < -0.39 is 0 Å². The van der Waals surface area contributed by atoms with Crippen LogP contribution in [0.5, 0.6) is 0 Å². The molecule has 0 N–H and O–H groups in total. The van der Waals surface area contributed by atoms with Gasteiger partial charge in [-0.3, -0.25) is 0 Å². The smallest absolute Gasteiger partial charge is 0.0690 e. The molecule has 0 aromatic rings. The van der Waals surface area contributed by atoms with Crippen LogP contribution in [0.2, 0.25) is 0 Å². The second-order valence-electron chi connectivity index (χ2n) is 3.99. The molecule has 0 radical (unpaired) electrons. The van der Waals surface area contributed by atoms with Crippen molar-refractivity contribution >= 4 is 0 Å². The Balaban J connectivity index is 4.07. The molecule has 13 heavy (non-hydrogen) atoms. The van der Waals surface area contributed by atoms with Crippen molar-refractivity contribution in [1.29, 1.82) is 5.26 Å². The number of rotatable bonds is 5. The van der Waals surface area contributed by atoms with E-state index in [-0.39, 0.29) is 5.41 Å². The average Bonchev–Trinajstić information content (AvgIpc) is 2.04. The van der Waals surface area contributed by atoms with Gasteiger partial charge in [-0.1, -0.05) is 17.7 Å². The standard InChI is InChI=1S/C12H19N/c1-5-8-12(4,10-13)9-6-7-11(2)3/h5,7H,1,6,8-9H2,2-4H3. The molecule has 0 amide bonds. The Morgan fingerprint density at radius 2 is 2.15 bits per heavy atom. The van der Waals surface area contributed by atoms with Gasteiger partial charge in [-0.2, -0.15) is 5.26 Å². The van der Waals surface area contributed by atoms with Gasteiger partial charge >= 0.3 is 0 Å². The molecule has 0 aliphatic carbocycles. The van der Waals surface area contributed by atoms with Crippen LogP contribution in [0.4, 0.5) is 0 Å². The van der Waals surface area contributed by atoms with E-state index in [2.05, 4.69) is 32.6 Å². The summed E-state index contributed by atoms with van der Waals surface area (Å²) in [4.78, 5) is 0. The molecule has 0 rings (SSSR count). The maximum Gasteiger partial charge on any atom is 0.0690 e. The highest BCUT2D eigenvalue weighted by Crippen LogP contribution is 2.27. The average molecular weight is 177 g/mol. The van der Waals surface area contributed by atoms with E-state index in [9.17, 15) is 0 Å². The first-order valence-corrected chi connectivity index (χ1v) is 4.69. The van der Waals surface area contributed by atoms with Crippen LogP contribution in [0.3, 0.4) is 0 Å². The summed E-state index contributed by atoms with van der Waals surface area (Å²) in [6, 6.07) is 2.35. The number of hydrogen-bond donors (Lipinski definition) is 0. The third kappa shape index (κ3) is 5.25. The lowest BCUT2D eigenvalue weighted by atomic mass is 9.83. The van der Waals surface area contributed by atoms with Crippen molar-refractivity contribution < 1.29 is 0 Å². The van der Waals surface area contributed by atoms with Gasteiger partial charge in [-0.25, -0.2) is 0 Å². The third-order valence-electron chi connectivity index (χ3n) is 2.11. The lowest BCUT2D eigenvalue weighted by molar-refractivity contribution is 0.414. The van der Waals surface area contributed by atoms with Crippen LogP contribution in [0.1, 0.15) is 40.0 Å². The van der Waals surface area contributed by atoms with Gasteiger partial charge in [0.2, 0.25) is 0 Å². The van der Waals surface area contributed by atoms with Crippen LogP contribution in [0.25, 0.3) is 0 Å². The van der Waals surface area contributed by atoms with Gasteiger partial charge < -0.3 is 0 Å². The summed E-state index contributed by atoms with van der Waals surface area (Å²) in [5, 5.41) is 8.96. The van der Waals surface area contributed by atoms with Crippen LogP contribution in [0, 0.1) is 16.7 Å². The van der Waals surface area contributed by atoms with Gasteiger partial charge in [0, 0.05) is 0 Å². The molecule has 0 saturated heterocycles. The fraction of sp³-hybridized carbons (Fsp3) is 0.583. The highest BCUT2D eigenvalue weighted by Gasteiger charge is 2.20. The quantitative estimate of drug-likeness (QED) is 0.585. The Hall–Kier alpha value is -1.03. The molecule has 72 valence electrons. The van der Waals surface area contributed by atoms with Gasteiger partial charge in [-0.05, 0) is 40.0 Å². The fourth-order valence-electron chi connectivity index (χ4n) is 1.20. The normalized spacial score (nSPS) is 14.0. The second kappa shape index (κ2) is 5.59. The number of nitriles is 1. The van der Waals surface area contributed by atoms with Crippen molar-refractivity contribution in [3.05, 3.63) is 24.3 Å². The topological polar surface area (TPSA) is 23.8 Å². The van der Waals surface area contributed by atoms with E-state index in [4.69, 9.17) is 5.26 Å². The Kier molecular flexibility index (Phi) is 5.14. The minimum absolute atomic E-state index is 0.228. The Bertz CT molecular complexity index is 228. The Morgan fingerprint density at radius 1 is 1.54 bits per heavy atom. The molecule has 1 heteroatoms. The first-order valence-electron chi connectivity index (χ1n) is 4.69. The summed E-state index contributed by atoms with van der Waals surface area (Å²) in [5.41, 5.74) is 1.09. The minimum Gasteiger partial charge on any atom is -0.198 e. The van der Waals surface area contributed by atoms with Crippen molar-refractivity contribution in [2.24, 2.45) is 5.41 Å². The fourth-order valence-corrected chi connectivity index (χ4v) is 1.20. The van der Waals surface area contributed by atoms with Gasteiger partial charge in [0.05, 0.1) is 11.5 Å². The zero-order valence-electron chi connectivity index (χ0n) is 8.93. The summed E-state index contributed by atoms with van der Waals surface area (Å²) >= 11 is 0. The highest BCUT2D eigenvalue weighted by atomic mass is 14.3. The first-order chi connectivity index (χ1) is 6.04. The first kappa shape index (κ1) is 12.0. The lowest BCUT2D eigenvalue weighted by Gasteiger charge is -2.18. The monoisotopic (exact) mass is 177 g/mol. The molecule has 0 aliphatic rings. The van der Waals surface area contributed by atoms with Crippen LogP contribution < -0.4 is 0 Å². The number of hydrogen-bond acceptors (Lipinski definition) is 1. The van der Waals surface area contributed by atoms with E-state index in [0.717, 1.165) is 19.3 Å². The Morgan fingerprint density at radius 3 is 2.54 bits per heavy atom. The largest absolute Gasteiger partial charge is 0.198 e. The summed E-state index contributed by atoms with van der Waals surface area (Å²) in [5.74, 6) is 0. The lowest BCUT2D eigenvalue weighted by Crippen LogP contribution is -2.11. The summed E-state index contributed by atoms with van der Waals surface area (Å²) in [7, 11) is 0. The third-order valence-corrected chi connectivity index (χ3v) is 2.11. The molecule has 0 aromatic heterocycles. The van der Waals surface area contributed by atoms with E-state index in [1.165, 1.54) is 5.57 Å². The number of allylic oxidation sites excluding steroid dienone is 3. The molecular formula is C12H19N. The van der Waals surface area contributed by atoms with Crippen LogP contribution in [-0.2, 0) is 0 Å². The van der Waals surface area contributed by atoms with Gasteiger partial charge in [0.25, 0.3) is 0 Å². The summed E-state index contributed by atoms with van der Waals surface area (Å²) < 4.78 is 0. The van der Waals surface area contributed by atoms with Crippen molar-refractivity contribution in [3.63, 3.8) is 0 Å². The van der Waals surface area contributed by atoms with E-state index in [0.29, 0.717) is 0 Å². The van der Waals surface area contributed by atoms with E-state index in [1.807, 2.05) is 13.0 Å². The number of nitrogens with zero attached hydrogens (tertiary/aromatic N) is 1.